The van der Waals surface area contributed by atoms with Gasteiger partial charge in [-0.05, 0) is 83.1 Å². The number of likely N-dealkylation sites (N-methyl/N-ethyl adjacent to an activating group) is 1. The van der Waals surface area contributed by atoms with E-state index >= 15 is 0 Å². The van der Waals surface area contributed by atoms with Crippen molar-refractivity contribution in [2.45, 2.75) is 85.4 Å². The summed E-state index contributed by atoms with van der Waals surface area (Å²) in [4.78, 5) is 41.3. The molecule has 1 rings (SSSR count). The van der Waals surface area contributed by atoms with Crippen molar-refractivity contribution in [3.05, 3.63) is 34.9 Å². The second-order valence-electron chi connectivity index (χ2n) is 9.44. The first kappa shape index (κ1) is 29.8. The average molecular weight is 494 g/mol. The maximum absolute atomic E-state index is 13.8. The number of alkyl carbamates (subject to hydrolysis) is 1. The number of hydrogen-bond acceptors (Lipinski definition) is 5. The van der Waals surface area contributed by atoms with Crippen LogP contribution in [-0.4, -0.2) is 59.5 Å². The molecule has 0 spiro atoms. The molecule has 7 nitrogen and oxygen atoms in total. The zero-order chi connectivity index (χ0) is 25.9. The van der Waals surface area contributed by atoms with Crippen molar-refractivity contribution in [2.75, 3.05) is 25.1 Å². The molecule has 0 saturated carbocycles. The number of aryl methyl sites for hydroxylation is 1. The summed E-state index contributed by atoms with van der Waals surface area (Å²) in [6.07, 6.45) is 3.57. The summed E-state index contributed by atoms with van der Waals surface area (Å²) in [5.74, 6) is 0.179. The molecule has 0 bridgehead atoms. The molecule has 192 valence electrons. The zero-order valence-electron chi connectivity index (χ0n) is 22.1. The zero-order valence-corrected chi connectivity index (χ0v) is 22.9. The highest BCUT2D eigenvalue weighted by Gasteiger charge is 2.36. The summed E-state index contributed by atoms with van der Waals surface area (Å²) < 4.78 is 5.40. The standard InChI is InChI=1S/C26H43N3O4S/c1-9-11-16-27-23(30)22(20-14-12-13-18(3)19(20)4)29(10-2)24(31)21(15-17-34-8)28-25(32)33-26(5,6)7/h12-14,21-22H,9-11,15-17H2,1-8H3,(H,27,30)(H,28,32). The maximum Gasteiger partial charge on any atom is 0.408 e. The van der Waals surface area contributed by atoms with Crippen LogP contribution in [0.3, 0.4) is 0 Å². The Morgan fingerprint density at radius 1 is 1.15 bits per heavy atom. The molecular weight excluding hydrogens is 450 g/mol. The molecule has 3 amide bonds. The van der Waals surface area contributed by atoms with Crippen LogP contribution in [0.15, 0.2) is 18.2 Å². The molecule has 0 aliphatic carbocycles. The first-order valence-corrected chi connectivity index (χ1v) is 13.5. The van der Waals surface area contributed by atoms with Crippen LogP contribution in [-0.2, 0) is 14.3 Å². The van der Waals surface area contributed by atoms with Gasteiger partial charge in [-0.2, -0.15) is 11.8 Å². The van der Waals surface area contributed by atoms with E-state index in [1.165, 1.54) is 0 Å². The number of unbranched alkanes of at least 4 members (excludes halogenated alkanes) is 1. The van der Waals surface area contributed by atoms with Crippen molar-refractivity contribution in [3.8, 4) is 0 Å². The molecule has 0 aromatic heterocycles. The summed E-state index contributed by atoms with van der Waals surface area (Å²) in [6, 6.07) is 4.23. The fraction of sp³-hybridized carbons (Fsp3) is 0.654. The molecule has 2 atom stereocenters. The molecule has 1 aromatic carbocycles. The lowest BCUT2D eigenvalue weighted by Crippen LogP contribution is -2.53. The van der Waals surface area contributed by atoms with Crippen LogP contribution in [0.25, 0.3) is 0 Å². The van der Waals surface area contributed by atoms with Gasteiger partial charge in [-0.25, -0.2) is 4.79 Å². The highest BCUT2D eigenvalue weighted by atomic mass is 32.2. The highest BCUT2D eigenvalue weighted by molar-refractivity contribution is 7.98. The van der Waals surface area contributed by atoms with E-state index in [9.17, 15) is 14.4 Å². The quantitative estimate of drug-likeness (QED) is 0.410. The van der Waals surface area contributed by atoms with Crippen molar-refractivity contribution in [1.29, 1.82) is 0 Å². The van der Waals surface area contributed by atoms with Crippen molar-refractivity contribution < 1.29 is 19.1 Å². The Hall–Kier alpha value is -2.22. The molecule has 0 aliphatic rings. The third kappa shape index (κ3) is 9.20. The van der Waals surface area contributed by atoms with Gasteiger partial charge < -0.3 is 20.3 Å². The third-order valence-corrected chi connectivity index (χ3v) is 6.20. The minimum atomic E-state index is -0.793. The van der Waals surface area contributed by atoms with Crippen LogP contribution < -0.4 is 10.6 Å². The van der Waals surface area contributed by atoms with Gasteiger partial charge in [0.1, 0.15) is 17.7 Å². The van der Waals surface area contributed by atoms with Gasteiger partial charge >= 0.3 is 6.09 Å². The van der Waals surface area contributed by atoms with Crippen LogP contribution in [0.1, 0.15) is 76.6 Å². The van der Waals surface area contributed by atoms with E-state index in [0.717, 1.165) is 29.5 Å². The lowest BCUT2D eigenvalue weighted by atomic mass is 9.95. The fourth-order valence-electron chi connectivity index (χ4n) is 3.61. The number of thioether (sulfide) groups is 1. The molecule has 0 fully saturated rings. The molecule has 2 N–H and O–H groups in total. The molecule has 8 heteroatoms. The van der Waals surface area contributed by atoms with Crippen LogP contribution in [0, 0.1) is 13.8 Å². The van der Waals surface area contributed by atoms with Crippen molar-refractivity contribution in [1.82, 2.24) is 15.5 Å². The van der Waals surface area contributed by atoms with Crippen LogP contribution in [0.5, 0.6) is 0 Å². The Kier molecular flexibility index (Phi) is 12.5. The second kappa shape index (κ2) is 14.2. The number of carbonyl (C=O) groups excluding carboxylic acids is 3. The molecule has 0 radical (unpaired) electrons. The summed E-state index contributed by atoms with van der Waals surface area (Å²) in [5.41, 5.74) is 2.15. The molecule has 2 unspecified atom stereocenters. The Labute approximate surface area is 209 Å². The van der Waals surface area contributed by atoms with Gasteiger partial charge in [-0.15, -0.1) is 0 Å². The SMILES string of the molecule is CCCCNC(=O)C(c1cccc(C)c1C)N(CC)C(=O)C(CCSC)NC(=O)OC(C)(C)C. The lowest BCUT2D eigenvalue weighted by molar-refractivity contribution is -0.142. The van der Waals surface area contributed by atoms with Gasteiger partial charge in [0.25, 0.3) is 0 Å². The van der Waals surface area contributed by atoms with Gasteiger partial charge in [0, 0.05) is 13.1 Å². The van der Waals surface area contributed by atoms with Gasteiger partial charge in [0.05, 0.1) is 0 Å². The Morgan fingerprint density at radius 3 is 2.38 bits per heavy atom. The van der Waals surface area contributed by atoms with Crippen molar-refractivity contribution in [3.63, 3.8) is 0 Å². The number of hydrogen-bond donors (Lipinski definition) is 2. The van der Waals surface area contributed by atoms with Crippen LogP contribution in [0.2, 0.25) is 0 Å². The number of nitrogens with one attached hydrogen (secondary N) is 2. The van der Waals surface area contributed by atoms with E-state index in [1.807, 2.05) is 45.2 Å². The van der Waals surface area contributed by atoms with E-state index in [0.29, 0.717) is 25.3 Å². The lowest BCUT2D eigenvalue weighted by Gasteiger charge is -2.34. The second-order valence-corrected chi connectivity index (χ2v) is 10.4. The monoisotopic (exact) mass is 493 g/mol. The van der Waals surface area contributed by atoms with E-state index in [1.54, 1.807) is 37.4 Å². The van der Waals surface area contributed by atoms with Gasteiger partial charge in [0.15, 0.2) is 0 Å². The summed E-state index contributed by atoms with van der Waals surface area (Å²) in [6.45, 7) is 14.1. The molecule has 0 aliphatic heterocycles. The minimum absolute atomic E-state index is 0.210. The van der Waals surface area contributed by atoms with Crippen molar-refractivity contribution >= 4 is 29.7 Å². The molecule has 1 aromatic rings. The molecular formula is C26H43N3O4S. The predicted molar refractivity (Wildman–Crippen MR) is 140 cm³/mol. The summed E-state index contributed by atoms with van der Waals surface area (Å²) in [5, 5.41) is 5.75. The third-order valence-electron chi connectivity index (χ3n) is 5.55. The van der Waals surface area contributed by atoms with Crippen LogP contribution in [0.4, 0.5) is 4.79 Å². The first-order valence-electron chi connectivity index (χ1n) is 12.1. The summed E-state index contributed by atoms with van der Waals surface area (Å²) >= 11 is 1.59. The maximum atomic E-state index is 13.8. The molecule has 0 saturated heterocycles. The topological polar surface area (TPSA) is 87.7 Å². The Balaban J connectivity index is 3.35. The first-order chi connectivity index (χ1) is 16.0. The van der Waals surface area contributed by atoms with E-state index in [4.69, 9.17) is 4.74 Å². The largest absolute Gasteiger partial charge is 0.444 e. The average Bonchev–Trinajstić information content (AvgIpc) is 2.75. The minimum Gasteiger partial charge on any atom is -0.444 e. The van der Waals surface area contributed by atoms with E-state index < -0.39 is 23.8 Å². The number of carbonyl (C=O) groups is 3. The highest BCUT2D eigenvalue weighted by Crippen LogP contribution is 2.27. The van der Waals surface area contributed by atoms with E-state index in [-0.39, 0.29) is 11.8 Å². The number of nitrogens with zero attached hydrogens (tertiary/aromatic N) is 1. The molecule has 0 heterocycles. The Morgan fingerprint density at radius 2 is 1.82 bits per heavy atom. The number of rotatable bonds is 12. The fourth-order valence-corrected chi connectivity index (χ4v) is 4.09. The van der Waals surface area contributed by atoms with Crippen LogP contribution >= 0.6 is 11.8 Å². The molecule has 34 heavy (non-hydrogen) atoms. The number of benzene rings is 1. The smallest absolute Gasteiger partial charge is 0.408 e. The van der Waals surface area contributed by atoms with Gasteiger partial charge in [-0.3, -0.25) is 9.59 Å². The summed E-state index contributed by atoms with van der Waals surface area (Å²) in [7, 11) is 0. The van der Waals surface area contributed by atoms with Gasteiger partial charge in [-0.1, -0.05) is 31.5 Å². The number of ether oxygens (including phenoxy) is 1. The number of amides is 3. The van der Waals surface area contributed by atoms with E-state index in [2.05, 4.69) is 17.6 Å². The normalized spacial score (nSPS) is 13.1. The Bertz CT molecular complexity index is 823. The van der Waals surface area contributed by atoms with Crippen molar-refractivity contribution in [2.24, 2.45) is 0 Å². The van der Waals surface area contributed by atoms with Gasteiger partial charge in [0.2, 0.25) is 11.8 Å². The predicted octanol–water partition coefficient (Wildman–Crippen LogP) is 4.76.